The molecule has 0 saturated heterocycles. The molecule has 0 heterocycles. The van der Waals surface area contributed by atoms with Crippen molar-refractivity contribution in [2.75, 3.05) is 0 Å². The van der Waals surface area contributed by atoms with E-state index in [9.17, 15) is 9.90 Å². The first-order valence-corrected chi connectivity index (χ1v) is 7.41. The van der Waals surface area contributed by atoms with E-state index in [1.54, 1.807) is 19.1 Å². The van der Waals surface area contributed by atoms with E-state index in [0.717, 1.165) is 28.7 Å². The minimum atomic E-state index is -0.434. The highest BCUT2D eigenvalue weighted by Gasteiger charge is 2.12. The Bertz CT molecular complexity index is 766. The molecule has 0 bridgehead atoms. The first-order chi connectivity index (χ1) is 10.0. The third kappa shape index (κ3) is 3.56. The monoisotopic (exact) mass is 315 g/mol. The van der Waals surface area contributed by atoms with Crippen LogP contribution in [0.1, 0.15) is 12.5 Å². The van der Waals surface area contributed by atoms with Gasteiger partial charge in [0.05, 0.1) is 11.1 Å². The van der Waals surface area contributed by atoms with Crippen molar-refractivity contribution >= 4 is 57.0 Å². The Morgan fingerprint density at radius 3 is 2.67 bits per heavy atom. The average molecular weight is 315 g/mol. The van der Waals surface area contributed by atoms with Crippen molar-refractivity contribution in [3.8, 4) is 5.75 Å². The van der Waals surface area contributed by atoms with Gasteiger partial charge >= 0.3 is 0 Å². The molecule has 0 saturated carbocycles. The molecule has 106 valence electrons. The Labute approximate surface area is 132 Å². The second-order valence-electron chi connectivity index (χ2n) is 4.33. The highest BCUT2D eigenvalue weighted by molar-refractivity contribution is 8.26. The van der Waals surface area contributed by atoms with Gasteiger partial charge in [0.1, 0.15) is 5.75 Å². The lowest BCUT2D eigenvalue weighted by Crippen LogP contribution is -2.01. The number of carbonyl (C=O) groups is 1. The van der Waals surface area contributed by atoms with Crippen LogP contribution < -0.4 is 0 Å². The van der Waals surface area contributed by atoms with Crippen LogP contribution in [0.3, 0.4) is 0 Å². The summed E-state index contributed by atoms with van der Waals surface area (Å²) in [4.78, 5) is 12.1. The molecule has 0 unspecified atom stereocenters. The molecule has 0 amide bonds. The molecular formula is C16H13NO2S2. The Kier molecular flexibility index (Phi) is 4.88. The Morgan fingerprint density at radius 1 is 1.29 bits per heavy atom. The van der Waals surface area contributed by atoms with Gasteiger partial charge < -0.3 is 10.5 Å². The third-order valence-corrected chi connectivity index (χ3v) is 3.93. The molecule has 0 aliphatic rings. The number of aromatic hydroxyl groups is 1. The number of allylic oxidation sites excluding steroid dienone is 1. The lowest BCUT2D eigenvalue weighted by Gasteiger charge is -2.07. The van der Waals surface area contributed by atoms with Crippen molar-refractivity contribution in [2.24, 2.45) is 0 Å². The third-order valence-electron chi connectivity index (χ3n) is 2.85. The quantitative estimate of drug-likeness (QED) is 0.504. The van der Waals surface area contributed by atoms with Crippen molar-refractivity contribution < 1.29 is 9.90 Å². The van der Waals surface area contributed by atoms with E-state index in [1.165, 1.54) is 0 Å². The van der Waals surface area contributed by atoms with Gasteiger partial charge in [-0.2, -0.15) is 0 Å². The zero-order valence-electron chi connectivity index (χ0n) is 11.3. The van der Waals surface area contributed by atoms with Crippen molar-refractivity contribution in [3.05, 3.63) is 46.9 Å². The molecule has 0 spiro atoms. The molecule has 0 radical (unpaired) electrons. The Morgan fingerprint density at radius 2 is 2.00 bits per heavy atom. The molecule has 2 aromatic rings. The summed E-state index contributed by atoms with van der Waals surface area (Å²) in [6, 6.07) is 11.0. The Balaban J connectivity index is 2.65. The number of fused-ring (bicyclic) bond motifs is 1. The number of thiocarbonyl (C=S) groups is 1. The summed E-state index contributed by atoms with van der Waals surface area (Å²) < 4.78 is 0.580. The first kappa shape index (κ1) is 15.4. The molecule has 3 nitrogen and oxygen atoms in total. The van der Waals surface area contributed by atoms with Crippen LogP contribution in [0.4, 0.5) is 0 Å². The van der Waals surface area contributed by atoms with E-state index in [-0.39, 0.29) is 5.75 Å². The van der Waals surface area contributed by atoms with Crippen LogP contribution >= 0.6 is 24.0 Å². The lowest BCUT2D eigenvalue weighted by atomic mass is 10.0. The standard InChI is InChI=1S/C16H13NO2S2/c1-10(20)21-16(15(19)9-17)8-13-12-5-3-2-4-11(12)6-7-14(13)18/h2-9,17-18H,1H3/b16-8-,17-9?. The molecule has 0 aliphatic heterocycles. The minimum Gasteiger partial charge on any atom is -0.507 e. The van der Waals surface area contributed by atoms with Gasteiger partial charge in [0.15, 0.2) is 0 Å². The van der Waals surface area contributed by atoms with E-state index in [2.05, 4.69) is 0 Å². The molecule has 2 rings (SSSR count). The van der Waals surface area contributed by atoms with Gasteiger partial charge in [-0.1, -0.05) is 54.3 Å². The number of benzene rings is 2. The van der Waals surface area contributed by atoms with Crippen molar-refractivity contribution in [1.29, 1.82) is 5.41 Å². The molecule has 0 aromatic heterocycles. The SMILES string of the molecule is CC(=S)S/C(=C\c1c(O)ccc2ccccc12)C(=O)C=N. The van der Waals surface area contributed by atoms with Gasteiger partial charge in [0.2, 0.25) is 5.78 Å². The van der Waals surface area contributed by atoms with Crippen LogP contribution in [-0.4, -0.2) is 21.3 Å². The number of Topliss-reactive ketones (excluding diaryl/α,β-unsaturated/α-hetero) is 1. The topological polar surface area (TPSA) is 61.1 Å². The number of rotatable bonds is 4. The van der Waals surface area contributed by atoms with Crippen LogP contribution in [0.25, 0.3) is 16.8 Å². The van der Waals surface area contributed by atoms with E-state index < -0.39 is 5.78 Å². The van der Waals surface area contributed by atoms with Gasteiger partial charge in [-0.05, 0) is 29.8 Å². The predicted octanol–water partition coefficient (Wildman–Crippen LogP) is 4.19. The van der Waals surface area contributed by atoms with Gasteiger partial charge in [-0.15, -0.1) is 0 Å². The van der Waals surface area contributed by atoms with Crippen LogP contribution in [0.2, 0.25) is 0 Å². The van der Waals surface area contributed by atoms with Crippen LogP contribution in [-0.2, 0) is 4.79 Å². The number of hydrogen-bond donors (Lipinski definition) is 2. The van der Waals surface area contributed by atoms with E-state index >= 15 is 0 Å². The van der Waals surface area contributed by atoms with E-state index in [4.69, 9.17) is 17.6 Å². The van der Waals surface area contributed by atoms with Crippen molar-refractivity contribution in [1.82, 2.24) is 0 Å². The molecule has 5 heteroatoms. The number of nitrogens with one attached hydrogen (secondary N) is 1. The number of phenolic OH excluding ortho intramolecular Hbond substituents is 1. The summed E-state index contributed by atoms with van der Waals surface area (Å²) in [7, 11) is 0. The molecule has 0 fully saturated rings. The summed E-state index contributed by atoms with van der Waals surface area (Å²) in [6.45, 7) is 1.72. The maximum atomic E-state index is 11.8. The largest absolute Gasteiger partial charge is 0.507 e. The number of hydrogen-bond acceptors (Lipinski definition) is 5. The van der Waals surface area contributed by atoms with Crippen LogP contribution in [0.5, 0.6) is 5.75 Å². The fraction of sp³-hybridized carbons (Fsp3) is 0.0625. The summed E-state index contributed by atoms with van der Waals surface area (Å²) in [6.07, 6.45) is 2.34. The number of ketones is 1. The maximum Gasteiger partial charge on any atom is 0.209 e. The summed E-state index contributed by atoms with van der Waals surface area (Å²) >= 11 is 6.14. The van der Waals surface area contributed by atoms with Crippen molar-refractivity contribution in [3.63, 3.8) is 0 Å². The zero-order chi connectivity index (χ0) is 15.4. The average Bonchev–Trinajstić information content (AvgIpc) is 2.48. The Hall–Kier alpha value is -1.98. The maximum absolute atomic E-state index is 11.8. The van der Waals surface area contributed by atoms with Crippen molar-refractivity contribution in [2.45, 2.75) is 6.92 Å². The second-order valence-corrected chi connectivity index (χ2v) is 6.46. The van der Waals surface area contributed by atoms with Crippen LogP contribution in [0.15, 0.2) is 41.3 Å². The molecule has 2 N–H and O–H groups in total. The van der Waals surface area contributed by atoms with Gasteiger partial charge in [0.25, 0.3) is 0 Å². The highest BCUT2D eigenvalue weighted by Crippen LogP contribution is 2.31. The highest BCUT2D eigenvalue weighted by atomic mass is 32.2. The summed E-state index contributed by atoms with van der Waals surface area (Å²) in [5.41, 5.74) is 0.557. The van der Waals surface area contributed by atoms with Gasteiger partial charge in [-0.3, -0.25) is 4.79 Å². The summed E-state index contributed by atoms with van der Waals surface area (Å²) in [5, 5.41) is 19.0. The molecule has 2 aromatic carbocycles. The van der Waals surface area contributed by atoms with Gasteiger partial charge in [-0.25, -0.2) is 0 Å². The number of thioether (sulfide) groups is 1. The van der Waals surface area contributed by atoms with E-state index in [0.29, 0.717) is 14.7 Å². The molecule has 0 aliphatic carbocycles. The lowest BCUT2D eigenvalue weighted by molar-refractivity contribution is -0.108. The zero-order valence-corrected chi connectivity index (χ0v) is 12.9. The molecular weight excluding hydrogens is 302 g/mol. The fourth-order valence-corrected chi connectivity index (χ4v) is 2.86. The number of phenols is 1. The fourth-order valence-electron chi connectivity index (χ4n) is 1.94. The molecule has 21 heavy (non-hydrogen) atoms. The predicted molar refractivity (Wildman–Crippen MR) is 93.2 cm³/mol. The normalized spacial score (nSPS) is 11.4. The number of carbonyl (C=O) groups excluding carboxylic acids is 1. The minimum absolute atomic E-state index is 0.0894. The van der Waals surface area contributed by atoms with Crippen LogP contribution in [0, 0.1) is 5.41 Å². The molecule has 0 atom stereocenters. The van der Waals surface area contributed by atoms with Gasteiger partial charge in [0, 0.05) is 9.76 Å². The smallest absolute Gasteiger partial charge is 0.209 e. The first-order valence-electron chi connectivity index (χ1n) is 6.18. The van der Waals surface area contributed by atoms with E-state index in [1.807, 2.05) is 30.3 Å². The summed E-state index contributed by atoms with van der Waals surface area (Å²) in [5.74, 6) is -0.344. The second kappa shape index (κ2) is 6.65.